The third-order valence-electron chi connectivity index (χ3n) is 6.24. The number of nitrogens with one attached hydrogen (secondary N) is 1. The molecule has 190 valence electrons. The molecule has 1 aromatic carbocycles. The molecular formula is C26H36N4O5. The van der Waals surface area contributed by atoms with Crippen molar-refractivity contribution in [3.63, 3.8) is 0 Å². The van der Waals surface area contributed by atoms with Crippen LogP contribution in [0, 0.1) is 5.92 Å². The summed E-state index contributed by atoms with van der Waals surface area (Å²) in [7, 11) is 4.91. The number of carbonyl (C=O) groups is 2. The summed E-state index contributed by atoms with van der Waals surface area (Å²) in [6.45, 7) is 6.48. The van der Waals surface area contributed by atoms with E-state index in [1.165, 1.54) is 7.11 Å². The van der Waals surface area contributed by atoms with E-state index in [1.54, 1.807) is 43.5 Å². The highest BCUT2D eigenvalue weighted by molar-refractivity contribution is 5.98. The molecule has 0 aliphatic carbocycles. The van der Waals surface area contributed by atoms with Gasteiger partial charge in [0.25, 0.3) is 5.91 Å². The van der Waals surface area contributed by atoms with Crippen LogP contribution in [-0.4, -0.2) is 86.3 Å². The van der Waals surface area contributed by atoms with Crippen LogP contribution in [0.15, 0.2) is 42.7 Å². The summed E-state index contributed by atoms with van der Waals surface area (Å²) in [6, 6.07) is 9.11. The van der Waals surface area contributed by atoms with Gasteiger partial charge in [-0.15, -0.1) is 0 Å². The van der Waals surface area contributed by atoms with E-state index in [9.17, 15) is 9.59 Å². The van der Waals surface area contributed by atoms with Crippen LogP contribution >= 0.6 is 0 Å². The highest BCUT2D eigenvalue weighted by atomic mass is 16.5. The van der Waals surface area contributed by atoms with Crippen molar-refractivity contribution in [3.05, 3.63) is 53.9 Å². The molecule has 35 heavy (non-hydrogen) atoms. The number of benzene rings is 1. The average molecular weight is 485 g/mol. The number of anilines is 1. The van der Waals surface area contributed by atoms with Gasteiger partial charge in [-0.2, -0.15) is 0 Å². The Morgan fingerprint density at radius 2 is 2.03 bits per heavy atom. The van der Waals surface area contributed by atoms with Crippen molar-refractivity contribution in [1.29, 1.82) is 0 Å². The number of hydrogen-bond acceptors (Lipinski definition) is 7. The van der Waals surface area contributed by atoms with Crippen molar-refractivity contribution >= 4 is 17.5 Å². The lowest BCUT2D eigenvalue weighted by molar-refractivity contribution is -0.119. The van der Waals surface area contributed by atoms with E-state index < -0.39 is 0 Å². The van der Waals surface area contributed by atoms with Crippen molar-refractivity contribution in [2.45, 2.75) is 32.5 Å². The lowest BCUT2D eigenvalue weighted by atomic mass is 10.0. The number of pyridine rings is 1. The SMILES string of the molecule is COCC(=O)Nc1ccc2c(c1)OC[C@@H](C)N(Cc1cccnc1)C[C@H](C)[C@H](OC)CN(C)C2=O. The lowest BCUT2D eigenvalue weighted by Gasteiger charge is -2.36. The molecule has 0 fully saturated rings. The second kappa shape index (κ2) is 12.6. The maximum atomic E-state index is 13.3. The zero-order valence-electron chi connectivity index (χ0n) is 21.2. The predicted octanol–water partition coefficient (Wildman–Crippen LogP) is 2.67. The topological polar surface area (TPSA) is 93.2 Å². The van der Waals surface area contributed by atoms with E-state index in [2.05, 4.69) is 35.1 Å². The fourth-order valence-corrected chi connectivity index (χ4v) is 4.20. The summed E-state index contributed by atoms with van der Waals surface area (Å²) >= 11 is 0. The molecule has 9 heteroatoms. The van der Waals surface area contributed by atoms with Gasteiger partial charge in [0.05, 0.1) is 11.7 Å². The molecule has 2 heterocycles. The quantitative estimate of drug-likeness (QED) is 0.674. The third-order valence-corrected chi connectivity index (χ3v) is 6.24. The standard InChI is InChI=1S/C26H36N4O5/c1-18-13-30(14-20-7-6-10-27-12-20)19(2)16-35-23-11-21(28-25(31)17-33-4)8-9-22(23)26(32)29(3)15-24(18)34-5/h6-12,18-19,24H,13-17H2,1-5H3,(H,28,31)/t18-,19+,24+/m0/s1. The number of methoxy groups -OCH3 is 2. The van der Waals surface area contributed by atoms with E-state index >= 15 is 0 Å². The summed E-state index contributed by atoms with van der Waals surface area (Å²) in [5.74, 6) is 0.154. The molecule has 9 nitrogen and oxygen atoms in total. The van der Waals surface area contributed by atoms with Crippen LogP contribution in [0.1, 0.15) is 29.8 Å². The number of hydrogen-bond donors (Lipinski definition) is 1. The molecule has 1 aliphatic rings. The van der Waals surface area contributed by atoms with Crippen LogP contribution in [0.25, 0.3) is 0 Å². The maximum absolute atomic E-state index is 13.3. The van der Waals surface area contributed by atoms with Gasteiger partial charge in [0.1, 0.15) is 19.0 Å². The molecule has 0 bridgehead atoms. The van der Waals surface area contributed by atoms with Crippen molar-refractivity contribution in [2.75, 3.05) is 52.9 Å². The first kappa shape index (κ1) is 26.6. The van der Waals surface area contributed by atoms with E-state index in [-0.39, 0.29) is 36.5 Å². The Morgan fingerprint density at radius 1 is 1.23 bits per heavy atom. The largest absolute Gasteiger partial charge is 0.491 e. The van der Waals surface area contributed by atoms with Gasteiger partial charge in [0.2, 0.25) is 5.91 Å². The predicted molar refractivity (Wildman–Crippen MR) is 133 cm³/mol. The Kier molecular flexibility index (Phi) is 9.59. The first-order valence-corrected chi connectivity index (χ1v) is 11.8. The van der Waals surface area contributed by atoms with E-state index in [0.29, 0.717) is 36.7 Å². The van der Waals surface area contributed by atoms with E-state index in [1.807, 2.05) is 12.3 Å². The minimum atomic E-state index is -0.281. The molecular weight excluding hydrogens is 448 g/mol. The number of rotatable bonds is 6. The molecule has 0 saturated heterocycles. The summed E-state index contributed by atoms with van der Waals surface area (Å²) in [6.07, 6.45) is 3.51. The summed E-state index contributed by atoms with van der Waals surface area (Å²) < 4.78 is 16.9. The minimum Gasteiger partial charge on any atom is -0.491 e. The summed E-state index contributed by atoms with van der Waals surface area (Å²) in [5, 5.41) is 2.77. The van der Waals surface area contributed by atoms with Gasteiger partial charge < -0.3 is 24.4 Å². The number of aromatic nitrogens is 1. The smallest absolute Gasteiger partial charge is 0.257 e. The number of likely N-dealkylation sites (N-methyl/N-ethyl adjacent to an activating group) is 1. The van der Waals surface area contributed by atoms with Crippen LogP contribution in [-0.2, 0) is 20.8 Å². The van der Waals surface area contributed by atoms with Crippen LogP contribution in [0.3, 0.4) is 0 Å². The molecule has 3 rings (SSSR count). The highest BCUT2D eigenvalue weighted by Crippen LogP contribution is 2.27. The Labute approximate surface area is 207 Å². The molecule has 1 aromatic heterocycles. The number of fused-ring (bicyclic) bond motifs is 1. The minimum absolute atomic E-state index is 0.0435. The molecule has 0 radical (unpaired) electrons. The van der Waals surface area contributed by atoms with Crippen molar-refractivity contribution in [1.82, 2.24) is 14.8 Å². The number of ether oxygens (including phenoxy) is 3. The molecule has 2 amide bonds. The third kappa shape index (κ3) is 7.24. The molecule has 0 saturated carbocycles. The van der Waals surface area contributed by atoms with Gasteiger partial charge in [-0.25, -0.2) is 0 Å². The van der Waals surface area contributed by atoms with Crippen molar-refractivity contribution in [3.8, 4) is 5.75 Å². The monoisotopic (exact) mass is 484 g/mol. The molecule has 2 aromatic rings. The van der Waals surface area contributed by atoms with Gasteiger partial charge in [-0.3, -0.25) is 19.5 Å². The molecule has 1 N–H and O–H groups in total. The molecule has 3 atom stereocenters. The Morgan fingerprint density at radius 3 is 2.71 bits per heavy atom. The normalized spacial score (nSPS) is 21.9. The van der Waals surface area contributed by atoms with Gasteiger partial charge in [-0.1, -0.05) is 13.0 Å². The van der Waals surface area contributed by atoms with Gasteiger partial charge in [0.15, 0.2) is 0 Å². The summed E-state index contributed by atoms with van der Waals surface area (Å²) in [4.78, 5) is 33.6. The van der Waals surface area contributed by atoms with Crippen LogP contribution in [0.2, 0.25) is 0 Å². The first-order valence-electron chi connectivity index (χ1n) is 11.8. The second-order valence-corrected chi connectivity index (χ2v) is 9.08. The fourth-order valence-electron chi connectivity index (χ4n) is 4.20. The Hall–Kier alpha value is -3.01. The molecule has 0 spiro atoms. The van der Waals surface area contributed by atoms with Crippen LogP contribution in [0.5, 0.6) is 5.75 Å². The first-order chi connectivity index (χ1) is 16.8. The fraction of sp³-hybridized carbons (Fsp3) is 0.500. The zero-order valence-corrected chi connectivity index (χ0v) is 21.2. The second-order valence-electron chi connectivity index (χ2n) is 9.08. The van der Waals surface area contributed by atoms with Gasteiger partial charge in [0, 0.05) is 71.1 Å². The Balaban J connectivity index is 1.92. The van der Waals surface area contributed by atoms with Crippen LogP contribution in [0.4, 0.5) is 5.69 Å². The number of nitrogens with zero attached hydrogens (tertiary/aromatic N) is 3. The highest BCUT2D eigenvalue weighted by Gasteiger charge is 2.28. The van der Waals surface area contributed by atoms with Gasteiger partial charge >= 0.3 is 0 Å². The van der Waals surface area contributed by atoms with Crippen molar-refractivity contribution in [2.24, 2.45) is 5.92 Å². The maximum Gasteiger partial charge on any atom is 0.257 e. The average Bonchev–Trinajstić information content (AvgIpc) is 2.85. The van der Waals surface area contributed by atoms with Gasteiger partial charge in [-0.05, 0) is 36.6 Å². The molecule has 1 aliphatic heterocycles. The van der Waals surface area contributed by atoms with E-state index in [0.717, 1.165) is 12.1 Å². The van der Waals surface area contributed by atoms with Crippen LogP contribution < -0.4 is 10.1 Å². The molecule has 0 unspecified atom stereocenters. The zero-order chi connectivity index (χ0) is 25.4. The summed E-state index contributed by atoms with van der Waals surface area (Å²) in [5.41, 5.74) is 2.09. The van der Waals surface area contributed by atoms with E-state index in [4.69, 9.17) is 14.2 Å². The number of carbonyl (C=O) groups excluding carboxylic acids is 2. The Bertz CT molecular complexity index is 987. The number of amides is 2. The lowest BCUT2D eigenvalue weighted by Crippen LogP contribution is -2.46. The van der Waals surface area contributed by atoms with Crippen molar-refractivity contribution < 1.29 is 23.8 Å².